The maximum atomic E-state index is 13.5. The number of ether oxygens (including phenoxy) is 8. The lowest BCUT2D eigenvalue weighted by molar-refractivity contribution is -0.112. The lowest BCUT2D eigenvalue weighted by Crippen LogP contribution is -2.55. The van der Waals surface area contributed by atoms with Gasteiger partial charge in [0, 0.05) is 46.3 Å². The molecule has 0 spiro atoms. The standard InChI is InChI=1S/C39H60N2O10/c1-28(22-45-6)23-47-24-29-9-12-31(13-10-29)37-35(20-41(38(43)51-39(2,3)4)21-36(37)50-27-32(42)26-46-7)49-25-30-11-14-34-33(19-30)40(16-18-48-34)15-8-17-44-5/h9-14,19,28,32,35-37,42H,8,15-18,20-27H2,1-7H3/t28-,32-,35-,36+,37+/m0/s1. The normalized spacial score (nSPS) is 20.4. The zero-order valence-electron chi connectivity index (χ0n) is 31.6. The van der Waals surface area contributed by atoms with Crippen LogP contribution in [0.1, 0.15) is 56.7 Å². The number of likely N-dealkylation sites (tertiary alicyclic amines) is 1. The maximum Gasteiger partial charge on any atom is 0.410 e. The first-order valence-corrected chi connectivity index (χ1v) is 18.0. The number of piperidine rings is 1. The summed E-state index contributed by atoms with van der Waals surface area (Å²) in [7, 11) is 4.95. The number of fused-ring (bicyclic) bond motifs is 1. The summed E-state index contributed by atoms with van der Waals surface area (Å²) in [6.45, 7) is 13.4. The Hall–Kier alpha value is -2.97. The van der Waals surface area contributed by atoms with Crippen LogP contribution in [0.4, 0.5) is 10.5 Å². The number of methoxy groups -OCH3 is 3. The number of benzene rings is 2. The van der Waals surface area contributed by atoms with Gasteiger partial charge in [-0.05, 0) is 56.0 Å². The molecule has 286 valence electrons. The van der Waals surface area contributed by atoms with Gasteiger partial charge in [0.2, 0.25) is 0 Å². The lowest BCUT2D eigenvalue weighted by Gasteiger charge is -2.44. The highest BCUT2D eigenvalue weighted by Gasteiger charge is 2.42. The van der Waals surface area contributed by atoms with Gasteiger partial charge in [-0.2, -0.15) is 0 Å². The third-order valence-corrected chi connectivity index (χ3v) is 8.83. The predicted molar refractivity (Wildman–Crippen MR) is 195 cm³/mol. The van der Waals surface area contributed by atoms with Gasteiger partial charge in [0.15, 0.2) is 0 Å². The molecule has 4 rings (SSSR count). The molecule has 2 aromatic carbocycles. The summed E-state index contributed by atoms with van der Waals surface area (Å²) >= 11 is 0. The third kappa shape index (κ3) is 12.9. The van der Waals surface area contributed by atoms with Crippen LogP contribution >= 0.6 is 0 Å². The number of hydrogen-bond acceptors (Lipinski definition) is 11. The van der Waals surface area contributed by atoms with Crippen molar-refractivity contribution < 1.29 is 47.8 Å². The molecule has 0 bridgehead atoms. The highest BCUT2D eigenvalue weighted by atomic mass is 16.6. The highest BCUT2D eigenvalue weighted by molar-refractivity contribution is 5.68. The summed E-state index contributed by atoms with van der Waals surface area (Å²) in [4.78, 5) is 17.5. The summed E-state index contributed by atoms with van der Waals surface area (Å²) in [5.74, 6) is 0.908. The summed E-state index contributed by atoms with van der Waals surface area (Å²) in [5, 5.41) is 10.5. The van der Waals surface area contributed by atoms with Crippen LogP contribution in [-0.2, 0) is 46.4 Å². The van der Waals surface area contributed by atoms with Gasteiger partial charge in [0.05, 0.1) is 77.2 Å². The summed E-state index contributed by atoms with van der Waals surface area (Å²) < 4.78 is 46.5. The van der Waals surface area contributed by atoms with Gasteiger partial charge in [0.1, 0.15) is 24.1 Å². The highest BCUT2D eigenvalue weighted by Crippen LogP contribution is 2.36. The molecule has 1 amide bonds. The first-order valence-electron chi connectivity index (χ1n) is 18.0. The SMILES string of the molecule is COCCCN1CCOc2ccc(CO[C@H]3CN(C(=O)OC(C)(C)C)C[C@@H](OC[C@@H](O)COC)[C@@H]3c3ccc(COC[C@@H](C)COC)cc3)cc21. The Bertz CT molecular complexity index is 1320. The minimum Gasteiger partial charge on any atom is -0.490 e. The number of rotatable bonds is 19. The molecule has 12 nitrogen and oxygen atoms in total. The number of carbonyl (C=O) groups is 1. The van der Waals surface area contributed by atoms with Gasteiger partial charge < -0.3 is 52.8 Å². The van der Waals surface area contributed by atoms with E-state index < -0.39 is 30.0 Å². The Balaban J connectivity index is 1.59. The number of amides is 1. The van der Waals surface area contributed by atoms with Crippen molar-refractivity contribution in [3.05, 3.63) is 59.2 Å². The van der Waals surface area contributed by atoms with E-state index in [0.29, 0.717) is 52.1 Å². The minimum absolute atomic E-state index is 0.0409. The number of nitrogens with zero attached hydrogens (tertiary/aromatic N) is 2. The van der Waals surface area contributed by atoms with Gasteiger partial charge in [-0.1, -0.05) is 37.3 Å². The van der Waals surface area contributed by atoms with E-state index in [4.69, 9.17) is 37.9 Å². The van der Waals surface area contributed by atoms with Crippen molar-refractivity contribution >= 4 is 11.8 Å². The van der Waals surface area contributed by atoms with Crippen LogP contribution in [0.15, 0.2) is 42.5 Å². The molecule has 0 radical (unpaired) electrons. The Morgan fingerprint density at radius 3 is 2.29 bits per heavy atom. The molecule has 0 aromatic heterocycles. The molecule has 2 aliphatic heterocycles. The molecule has 1 saturated heterocycles. The minimum atomic E-state index is -0.823. The van der Waals surface area contributed by atoms with Crippen LogP contribution in [0.5, 0.6) is 5.75 Å². The molecule has 1 N–H and O–H groups in total. The molecular formula is C39H60N2O10. The Labute approximate surface area is 304 Å². The Kier molecular flexibility index (Phi) is 16.3. The third-order valence-electron chi connectivity index (χ3n) is 8.83. The molecule has 51 heavy (non-hydrogen) atoms. The van der Waals surface area contributed by atoms with E-state index in [1.165, 1.54) is 7.11 Å². The van der Waals surface area contributed by atoms with Crippen molar-refractivity contribution in [1.82, 2.24) is 4.90 Å². The zero-order chi connectivity index (χ0) is 36.8. The predicted octanol–water partition coefficient (Wildman–Crippen LogP) is 5.03. The van der Waals surface area contributed by atoms with E-state index in [0.717, 1.165) is 47.6 Å². The fourth-order valence-corrected chi connectivity index (χ4v) is 6.46. The molecule has 12 heteroatoms. The number of aliphatic hydroxyl groups is 1. The zero-order valence-corrected chi connectivity index (χ0v) is 31.6. The van der Waals surface area contributed by atoms with E-state index >= 15 is 0 Å². The van der Waals surface area contributed by atoms with E-state index in [9.17, 15) is 9.90 Å². The van der Waals surface area contributed by atoms with Gasteiger partial charge in [0.25, 0.3) is 0 Å². The van der Waals surface area contributed by atoms with E-state index in [1.807, 2.05) is 32.9 Å². The number of aliphatic hydroxyl groups excluding tert-OH is 1. The quantitative estimate of drug-likeness (QED) is 0.197. The van der Waals surface area contributed by atoms with Crippen molar-refractivity contribution in [1.29, 1.82) is 0 Å². The fraction of sp³-hybridized carbons (Fsp3) is 0.667. The number of hydrogen-bond donors (Lipinski definition) is 1. The lowest BCUT2D eigenvalue weighted by atomic mass is 9.84. The summed E-state index contributed by atoms with van der Waals surface area (Å²) in [5.41, 5.74) is 3.42. The van der Waals surface area contributed by atoms with E-state index in [1.54, 1.807) is 19.1 Å². The van der Waals surface area contributed by atoms with Crippen LogP contribution in [0.3, 0.4) is 0 Å². The molecule has 2 aromatic rings. The van der Waals surface area contributed by atoms with Gasteiger partial charge in [-0.3, -0.25) is 0 Å². The molecular weight excluding hydrogens is 656 g/mol. The van der Waals surface area contributed by atoms with E-state index in [2.05, 4.69) is 42.2 Å². The van der Waals surface area contributed by atoms with Crippen molar-refractivity contribution in [3.63, 3.8) is 0 Å². The number of carbonyl (C=O) groups excluding carboxylic acids is 1. The molecule has 0 aliphatic carbocycles. The first kappa shape index (κ1) is 40.8. The topological polar surface area (TPSA) is 118 Å². The van der Waals surface area contributed by atoms with Crippen LogP contribution < -0.4 is 9.64 Å². The van der Waals surface area contributed by atoms with Crippen molar-refractivity contribution in [2.45, 2.75) is 77.2 Å². The monoisotopic (exact) mass is 716 g/mol. The first-order chi connectivity index (χ1) is 24.5. The molecule has 0 saturated carbocycles. The van der Waals surface area contributed by atoms with Crippen LogP contribution in [-0.4, -0.2) is 127 Å². The van der Waals surface area contributed by atoms with Gasteiger partial charge >= 0.3 is 6.09 Å². The largest absolute Gasteiger partial charge is 0.490 e. The average Bonchev–Trinajstić information content (AvgIpc) is 3.09. The maximum absolute atomic E-state index is 13.5. The summed E-state index contributed by atoms with van der Waals surface area (Å²) in [6, 6.07) is 14.4. The molecule has 2 heterocycles. The second-order valence-corrected chi connectivity index (χ2v) is 14.5. The molecule has 2 aliphatic rings. The fourth-order valence-electron chi connectivity index (χ4n) is 6.46. The van der Waals surface area contributed by atoms with E-state index in [-0.39, 0.29) is 25.7 Å². The smallest absolute Gasteiger partial charge is 0.410 e. The second-order valence-electron chi connectivity index (χ2n) is 14.5. The van der Waals surface area contributed by atoms with Crippen LogP contribution in [0.2, 0.25) is 0 Å². The van der Waals surface area contributed by atoms with Crippen molar-refractivity contribution in [3.8, 4) is 5.75 Å². The average molecular weight is 717 g/mol. The Morgan fingerprint density at radius 2 is 1.61 bits per heavy atom. The molecule has 5 atom stereocenters. The van der Waals surface area contributed by atoms with Gasteiger partial charge in [-0.15, -0.1) is 0 Å². The second kappa shape index (κ2) is 20.3. The van der Waals surface area contributed by atoms with Crippen LogP contribution in [0, 0.1) is 5.92 Å². The number of anilines is 1. The van der Waals surface area contributed by atoms with Crippen LogP contribution in [0.25, 0.3) is 0 Å². The van der Waals surface area contributed by atoms with Gasteiger partial charge in [-0.25, -0.2) is 4.79 Å². The molecule has 1 fully saturated rings. The molecule has 0 unspecified atom stereocenters. The van der Waals surface area contributed by atoms with Crippen molar-refractivity contribution in [2.75, 3.05) is 92.0 Å². The Morgan fingerprint density at radius 1 is 0.902 bits per heavy atom. The summed E-state index contributed by atoms with van der Waals surface area (Å²) in [6.07, 6.45) is -1.28. The van der Waals surface area contributed by atoms with Crippen molar-refractivity contribution in [2.24, 2.45) is 5.92 Å².